The second-order valence-electron chi connectivity index (χ2n) is 5.79. The summed E-state index contributed by atoms with van der Waals surface area (Å²) < 4.78 is 19.3. The SMILES string of the molecule is Nc1c(F)cc(Cl)cc1C(=O)N[C@H]1CCO[C@H](C2CC2)C1. The van der Waals surface area contributed by atoms with Crippen molar-refractivity contribution in [2.24, 2.45) is 5.92 Å². The fourth-order valence-corrected chi connectivity index (χ4v) is 3.00. The molecule has 4 nitrogen and oxygen atoms in total. The van der Waals surface area contributed by atoms with Gasteiger partial charge in [-0.15, -0.1) is 0 Å². The minimum absolute atomic E-state index is 0.0401. The van der Waals surface area contributed by atoms with Crippen molar-refractivity contribution in [2.75, 3.05) is 12.3 Å². The molecule has 0 bridgehead atoms. The molecule has 3 rings (SSSR count). The lowest BCUT2D eigenvalue weighted by molar-refractivity contribution is -0.0102. The smallest absolute Gasteiger partial charge is 0.253 e. The average Bonchev–Trinajstić information content (AvgIpc) is 3.27. The van der Waals surface area contributed by atoms with E-state index in [1.54, 1.807) is 0 Å². The van der Waals surface area contributed by atoms with Crippen molar-refractivity contribution in [2.45, 2.75) is 37.8 Å². The minimum atomic E-state index is -0.671. The Labute approximate surface area is 127 Å². The molecule has 2 fully saturated rings. The fraction of sp³-hybridized carbons (Fsp3) is 0.533. The van der Waals surface area contributed by atoms with Crippen LogP contribution in [-0.2, 0) is 4.74 Å². The van der Waals surface area contributed by atoms with Gasteiger partial charge in [0.15, 0.2) is 0 Å². The summed E-state index contributed by atoms with van der Waals surface area (Å²) >= 11 is 5.79. The third-order valence-corrected chi connectivity index (χ3v) is 4.36. The van der Waals surface area contributed by atoms with Crippen LogP contribution in [0.2, 0.25) is 5.02 Å². The highest BCUT2D eigenvalue weighted by Gasteiger charge is 2.36. The summed E-state index contributed by atoms with van der Waals surface area (Å²) in [7, 11) is 0. The molecule has 21 heavy (non-hydrogen) atoms. The Kier molecular flexibility index (Phi) is 4.04. The maximum atomic E-state index is 13.5. The summed E-state index contributed by atoms with van der Waals surface area (Å²) in [5.41, 5.74) is 5.55. The van der Waals surface area contributed by atoms with Gasteiger partial charge in [0.25, 0.3) is 5.91 Å². The predicted octanol–water partition coefficient (Wildman–Crippen LogP) is 2.75. The lowest BCUT2D eigenvalue weighted by atomic mass is 9.99. The largest absolute Gasteiger partial charge is 0.396 e. The van der Waals surface area contributed by atoms with E-state index in [4.69, 9.17) is 22.1 Å². The van der Waals surface area contributed by atoms with Gasteiger partial charge in [-0.25, -0.2) is 4.39 Å². The lowest BCUT2D eigenvalue weighted by Crippen LogP contribution is -2.42. The van der Waals surface area contributed by atoms with Crippen LogP contribution in [0.3, 0.4) is 0 Å². The van der Waals surface area contributed by atoms with Crippen molar-refractivity contribution < 1.29 is 13.9 Å². The van der Waals surface area contributed by atoms with Crippen LogP contribution in [-0.4, -0.2) is 24.7 Å². The Bertz CT molecular complexity index is 563. The third-order valence-electron chi connectivity index (χ3n) is 4.14. The number of hydrogen-bond acceptors (Lipinski definition) is 3. The monoisotopic (exact) mass is 312 g/mol. The predicted molar refractivity (Wildman–Crippen MR) is 78.8 cm³/mol. The maximum Gasteiger partial charge on any atom is 0.253 e. The molecule has 1 heterocycles. The zero-order valence-corrected chi connectivity index (χ0v) is 12.3. The van der Waals surface area contributed by atoms with E-state index in [1.165, 1.54) is 18.9 Å². The number of anilines is 1. The van der Waals surface area contributed by atoms with Crippen LogP contribution in [0, 0.1) is 11.7 Å². The molecule has 1 saturated heterocycles. The number of halogens is 2. The van der Waals surface area contributed by atoms with Gasteiger partial charge in [0, 0.05) is 17.7 Å². The molecule has 114 valence electrons. The number of carbonyl (C=O) groups excluding carboxylic acids is 1. The van der Waals surface area contributed by atoms with Crippen molar-refractivity contribution in [3.05, 3.63) is 28.5 Å². The molecule has 1 aromatic carbocycles. The summed E-state index contributed by atoms with van der Waals surface area (Å²) in [6.45, 7) is 0.644. The standard InChI is InChI=1S/C15H18ClFN2O2/c16-9-5-11(14(18)12(17)6-9)15(20)19-10-3-4-21-13(7-10)8-1-2-8/h5-6,8,10,13H,1-4,7,18H2,(H,19,20)/t10-,13-/m0/s1. The van der Waals surface area contributed by atoms with Gasteiger partial charge < -0.3 is 15.8 Å². The molecule has 0 radical (unpaired) electrons. The zero-order valence-electron chi connectivity index (χ0n) is 11.6. The van der Waals surface area contributed by atoms with Crippen molar-refractivity contribution in [1.29, 1.82) is 0 Å². The number of nitrogens with one attached hydrogen (secondary N) is 1. The van der Waals surface area contributed by atoms with Gasteiger partial charge in [-0.3, -0.25) is 4.79 Å². The fourth-order valence-electron chi connectivity index (χ4n) is 2.79. The Balaban J connectivity index is 1.68. The third kappa shape index (κ3) is 3.30. The van der Waals surface area contributed by atoms with Crippen molar-refractivity contribution >= 4 is 23.2 Å². The molecule has 0 spiro atoms. The number of hydrogen-bond donors (Lipinski definition) is 2. The number of nitrogen functional groups attached to an aromatic ring is 1. The summed E-state index contributed by atoms with van der Waals surface area (Å²) in [5, 5.41) is 3.08. The van der Waals surface area contributed by atoms with E-state index in [2.05, 4.69) is 5.32 Å². The van der Waals surface area contributed by atoms with E-state index in [9.17, 15) is 9.18 Å². The Morgan fingerprint density at radius 3 is 2.86 bits per heavy atom. The summed E-state index contributed by atoms with van der Waals surface area (Å²) in [6, 6.07) is 2.54. The van der Waals surface area contributed by atoms with Crippen LogP contribution < -0.4 is 11.1 Å². The molecule has 2 aliphatic rings. The first-order valence-electron chi connectivity index (χ1n) is 7.21. The molecular weight excluding hydrogens is 295 g/mol. The minimum Gasteiger partial charge on any atom is -0.396 e. The Morgan fingerprint density at radius 1 is 1.38 bits per heavy atom. The first kappa shape index (κ1) is 14.6. The quantitative estimate of drug-likeness (QED) is 0.844. The summed E-state index contributed by atoms with van der Waals surface area (Å²) in [4.78, 5) is 12.3. The number of ether oxygens (including phenoxy) is 1. The van der Waals surface area contributed by atoms with Crippen molar-refractivity contribution in [3.8, 4) is 0 Å². The van der Waals surface area contributed by atoms with Gasteiger partial charge >= 0.3 is 0 Å². The molecule has 1 aliphatic carbocycles. The highest BCUT2D eigenvalue weighted by atomic mass is 35.5. The van der Waals surface area contributed by atoms with Crippen LogP contribution in [0.15, 0.2) is 12.1 Å². The topological polar surface area (TPSA) is 64.4 Å². The van der Waals surface area contributed by atoms with Gasteiger partial charge in [-0.1, -0.05) is 11.6 Å². The second-order valence-corrected chi connectivity index (χ2v) is 6.23. The summed E-state index contributed by atoms with van der Waals surface area (Å²) in [6.07, 6.45) is 4.21. The van der Waals surface area contributed by atoms with Gasteiger partial charge in [0.05, 0.1) is 17.4 Å². The number of benzene rings is 1. The molecule has 0 unspecified atom stereocenters. The van der Waals surface area contributed by atoms with E-state index in [0.717, 1.165) is 18.9 Å². The molecule has 6 heteroatoms. The van der Waals surface area contributed by atoms with E-state index < -0.39 is 5.82 Å². The molecular formula is C15H18ClFN2O2. The lowest BCUT2D eigenvalue weighted by Gasteiger charge is -2.30. The van der Waals surface area contributed by atoms with Gasteiger partial charge in [0.2, 0.25) is 0 Å². The number of amides is 1. The van der Waals surface area contributed by atoms with Crippen LogP contribution in [0.25, 0.3) is 0 Å². The van der Waals surface area contributed by atoms with Crippen molar-refractivity contribution in [1.82, 2.24) is 5.32 Å². The first-order valence-corrected chi connectivity index (χ1v) is 7.59. The van der Waals surface area contributed by atoms with Gasteiger partial charge in [-0.05, 0) is 43.7 Å². The van der Waals surface area contributed by atoms with Crippen molar-refractivity contribution in [3.63, 3.8) is 0 Å². The maximum absolute atomic E-state index is 13.5. The van der Waals surface area contributed by atoms with E-state index >= 15 is 0 Å². The van der Waals surface area contributed by atoms with Crippen LogP contribution >= 0.6 is 11.6 Å². The molecule has 1 aromatic rings. The summed E-state index contributed by atoms with van der Waals surface area (Å²) in [5.74, 6) is -0.413. The zero-order chi connectivity index (χ0) is 15.0. The molecule has 1 aliphatic heterocycles. The van der Waals surface area contributed by atoms with E-state index in [-0.39, 0.29) is 34.3 Å². The number of rotatable bonds is 3. The molecule has 2 atom stereocenters. The average molecular weight is 313 g/mol. The highest BCUT2D eigenvalue weighted by molar-refractivity contribution is 6.31. The first-order chi connectivity index (χ1) is 10.0. The van der Waals surface area contributed by atoms with Crippen LogP contribution in [0.1, 0.15) is 36.0 Å². The highest BCUT2D eigenvalue weighted by Crippen LogP contribution is 2.38. The van der Waals surface area contributed by atoms with Gasteiger partial charge in [-0.2, -0.15) is 0 Å². The Hall–Kier alpha value is -1.33. The number of nitrogens with two attached hydrogens (primary N) is 1. The number of carbonyl (C=O) groups is 1. The van der Waals surface area contributed by atoms with E-state index in [0.29, 0.717) is 12.5 Å². The van der Waals surface area contributed by atoms with Gasteiger partial charge in [0.1, 0.15) is 5.82 Å². The second kappa shape index (κ2) is 5.81. The molecule has 3 N–H and O–H groups in total. The van der Waals surface area contributed by atoms with Crippen LogP contribution in [0.4, 0.5) is 10.1 Å². The molecule has 1 saturated carbocycles. The normalized spacial score (nSPS) is 25.6. The molecule has 1 amide bonds. The van der Waals surface area contributed by atoms with E-state index in [1.807, 2.05) is 0 Å². The molecule has 0 aromatic heterocycles. The van der Waals surface area contributed by atoms with Crippen LogP contribution in [0.5, 0.6) is 0 Å². The Morgan fingerprint density at radius 2 is 2.14 bits per heavy atom.